The summed E-state index contributed by atoms with van der Waals surface area (Å²) < 4.78 is 0. The average molecular weight is 329 g/mol. The molecule has 24 heavy (non-hydrogen) atoms. The van der Waals surface area contributed by atoms with Gasteiger partial charge in [-0.15, -0.1) is 0 Å². The van der Waals surface area contributed by atoms with Crippen LogP contribution < -0.4 is 0 Å². The quantitative estimate of drug-likeness (QED) is 0.467. The van der Waals surface area contributed by atoms with E-state index in [0.29, 0.717) is 0 Å². The van der Waals surface area contributed by atoms with Gasteiger partial charge in [-0.2, -0.15) is 0 Å². The molecule has 0 spiro atoms. The van der Waals surface area contributed by atoms with Gasteiger partial charge in [0.05, 0.1) is 0 Å². The molecule has 0 bridgehead atoms. The van der Waals surface area contributed by atoms with Crippen LogP contribution in [0.15, 0.2) is 24.3 Å². The molecule has 0 heterocycles. The zero-order valence-corrected chi connectivity index (χ0v) is 16.3. The van der Waals surface area contributed by atoms with Gasteiger partial charge in [0.15, 0.2) is 0 Å². The van der Waals surface area contributed by atoms with Gasteiger partial charge in [0.25, 0.3) is 0 Å². The molecule has 0 aromatic rings. The van der Waals surface area contributed by atoms with Crippen LogP contribution in [0.3, 0.4) is 0 Å². The van der Waals surface area contributed by atoms with Gasteiger partial charge in [0, 0.05) is 0 Å². The Morgan fingerprint density at radius 1 is 0.500 bits per heavy atom. The fourth-order valence-corrected chi connectivity index (χ4v) is 5.68. The van der Waals surface area contributed by atoms with Crippen molar-refractivity contribution in [2.75, 3.05) is 0 Å². The molecule has 3 fully saturated rings. The van der Waals surface area contributed by atoms with Crippen molar-refractivity contribution in [3.05, 3.63) is 24.3 Å². The van der Waals surface area contributed by atoms with Gasteiger partial charge in [-0.25, -0.2) is 0 Å². The zero-order valence-electron chi connectivity index (χ0n) is 16.3. The SMILES string of the molecule is CC=CC1CCC(C=CC2CCC(C3CCC(C)CC3)CC2)CC1. The molecule has 0 radical (unpaired) electrons. The second-order valence-corrected chi connectivity index (χ2v) is 9.28. The van der Waals surface area contributed by atoms with Crippen LogP contribution in [0.2, 0.25) is 0 Å². The van der Waals surface area contributed by atoms with Crippen LogP contribution in [-0.2, 0) is 0 Å². The van der Waals surface area contributed by atoms with Crippen LogP contribution in [-0.4, -0.2) is 0 Å². The summed E-state index contributed by atoms with van der Waals surface area (Å²) in [4.78, 5) is 0. The largest absolute Gasteiger partial charge is 0.0914 e. The maximum atomic E-state index is 2.62. The predicted molar refractivity (Wildman–Crippen MR) is 106 cm³/mol. The van der Waals surface area contributed by atoms with Gasteiger partial charge >= 0.3 is 0 Å². The maximum absolute atomic E-state index is 2.62. The Morgan fingerprint density at radius 2 is 0.875 bits per heavy atom. The van der Waals surface area contributed by atoms with Crippen molar-refractivity contribution in [3.8, 4) is 0 Å². The Bertz CT molecular complexity index is 394. The van der Waals surface area contributed by atoms with E-state index in [1.807, 2.05) is 0 Å². The highest BCUT2D eigenvalue weighted by Crippen LogP contribution is 2.41. The van der Waals surface area contributed by atoms with Crippen LogP contribution in [0.1, 0.15) is 90.9 Å². The second-order valence-electron chi connectivity index (χ2n) is 9.28. The van der Waals surface area contributed by atoms with Crippen LogP contribution in [0, 0.1) is 35.5 Å². The summed E-state index contributed by atoms with van der Waals surface area (Å²) in [5.74, 6) is 5.80. The molecule has 0 nitrogen and oxygen atoms in total. The number of allylic oxidation sites excluding steroid dienone is 4. The van der Waals surface area contributed by atoms with Crippen molar-refractivity contribution < 1.29 is 0 Å². The van der Waals surface area contributed by atoms with Gasteiger partial charge in [0.2, 0.25) is 0 Å². The number of rotatable bonds is 4. The van der Waals surface area contributed by atoms with E-state index < -0.39 is 0 Å². The third kappa shape index (κ3) is 5.24. The summed E-state index contributed by atoms with van der Waals surface area (Å²) in [5.41, 5.74) is 0. The predicted octanol–water partition coefficient (Wildman–Crippen LogP) is 7.56. The van der Waals surface area contributed by atoms with Gasteiger partial charge in [-0.1, -0.05) is 44.1 Å². The van der Waals surface area contributed by atoms with E-state index in [-0.39, 0.29) is 0 Å². The van der Waals surface area contributed by atoms with E-state index in [4.69, 9.17) is 0 Å². The fraction of sp³-hybridized carbons (Fsp3) is 0.833. The standard InChI is InChI=1S/C24H40/c1-3-4-20-7-9-21(10-8-20)11-12-22-13-17-24(18-14-22)23-15-5-19(2)6-16-23/h3-4,11-12,19-24H,5-10,13-18H2,1-2H3. The van der Waals surface area contributed by atoms with Crippen molar-refractivity contribution in [2.45, 2.75) is 90.9 Å². The lowest BCUT2D eigenvalue weighted by Crippen LogP contribution is -2.24. The smallest absolute Gasteiger partial charge is 0.0233 e. The molecule has 3 aliphatic rings. The summed E-state index contributed by atoms with van der Waals surface area (Å²) >= 11 is 0. The van der Waals surface area contributed by atoms with Crippen molar-refractivity contribution in [1.29, 1.82) is 0 Å². The maximum Gasteiger partial charge on any atom is -0.0233 e. The first-order valence-electron chi connectivity index (χ1n) is 11.1. The summed E-state index contributed by atoms with van der Waals surface area (Å²) in [6.07, 6.45) is 27.6. The van der Waals surface area contributed by atoms with Crippen molar-refractivity contribution in [2.24, 2.45) is 35.5 Å². The van der Waals surface area contributed by atoms with Gasteiger partial charge < -0.3 is 0 Å². The van der Waals surface area contributed by atoms with Crippen LogP contribution >= 0.6 is 0 Å². The first-order valence-corrected chi connectivity index (χ1v) is 11.1. The molecule has 3 rings (SSSR count). The first-order chi connectivity index (χ1) is 11.7. The van der Waals surface area contributed by atoms with Crippen LogP contribution in [0.25, 0.3) is 0 Å². The topological polar surface area (TPSA) is 0 Å². The third-order valence-corrected chi connectivity index (χ3v) is 7.48. The molecule has 0 aliphatic heterocycles. The number of hydrogen-bond donors (Lipinski definition) is 0. The van der Waals surface area contributed by atoms with Gasteiger partial charge in [-0.05, 0) is 107 Å². The Labute approximate surface area is 151 Å². The molecule has 0 aromatic carbocycles. The van der Waals surface area contributed by atoms with E-state index in [0.717, 1.165) is 35.5 Å². The molecule has 0 atom stereocenters. The van der Waals surface area contributed by atoms with Crippen LogP contribution in [0.5, 0.6) is 0 Å². The molecule has 0 N–H and O–H groups in total. The highest BCUT2D eigenvalue weighted by Gasteiger charge is 2.29. The van der Waals surface area contributed by atoms with Crippen molar-refractivity contribution in [3.63, 3.8) is 0 Å². The highest BCUT2D eigenvalue weighted by molar-refractivity contribution is 4.98. The molecule has 3 saturated carbocycles. The average Bonchev–Trinajstić information content (AvgIpc) is 2.63. The Balaban J connectivity index is 1.36. The molecule has 0 amide bonds. The molecule has 136 valence electrons. The van der Waals surface area contributed by atoms with E-state index in [2.05, 4.69) is 38.2 Å². The zero-order chi connectivity index (χ0) is 16.8. The summed E-state index contributed by atoms with van der Waals surface area (Å²) in [6.45, 7) is 4.61. The first kappa shape index (κ1) is 18.3. The monoisotopic (exact) mass is 328 g/mol. The minimum atomic E-state index is 0.869. The third-order valence-electron chi connectivity index (χ3n) is 7.48. The summed E-state index contributed by atoms with van der Waals surface area (Å²) in [7, 11) is 0. The van der Waals surface area contributed by atoms with E-state index >= 15 is 0 Å². The summed E-state index contributed by atoms with van der Waals surface area (Å²) in [5, 5.41) is 0. The molecule has 0 saturated heterocycles. The Hall–Kier alpha value is -0.520. The van der Waals surface area contributed by atoms with Crippen molar-refractivity contribution in [1.82, 2.24) is 0 Å². The highest BCUT2D eigenvalue weighted by atomic mass is 14.3. The lowest BCUT2D eigenvalue weighted by molar-refractivity contribution is 0.160. The molecule has 0 unspecified atom stereocenters. The lowest BCUT2D eigenvalue weighted by atomic mass is 9.69. The molecule has 0 heteroatoms. The second kappa shape index (κ2) is 9.25. The molecule has 3 aliphatic carbocycles. The Kier molecular flexibility index (Phi) is 7.05. The fourth-order valence-electron chi connectivity index (χ4n) is 5.68. The molecular formula is C24H40. The molecule has 0 aromatic heterocycles. The Morgan fingerprint density at radius 3 is 1.33 bits per heavy atom. The van der Waals surface area contributed by atoms with E-state index in [9.17, 15) is 0 Å². The minimum Gasteiger partial charge on any atom is -0.0914 e. The molecular weight excluding hydrogens is 288 g/mol. The lowest BCUT2D eigenvalue weighted by Gasteiger charge is -2.36. The van der Waals surface area contributed by atoms with Crippen molar-refractivity contribution >= 4 is 0 Å². The van der Waals surface area contributed by atoms with Gasteiger partial charge in [0.1, 0.15) is 0 Å². The van der Waals surface area contributed by atoms with Crippen LogP contribution in [0.4, 0.5) is 0 Å². The van der Waals surface area contributed by atoms with E-state index in [1.54, 1.807) is 0 Å². The number of hydrogen-bond acceptors (Lipinski definition) is 0. The van der Waals surface area contributed by atoms with Gasteiger partial charge in [-0.3, -0.25) is 0 Å². The summed E-state index contributed by atoms with van der Waals surface area (Å²) in [6, 6.07) is 0. The normalized spacial score (nSPS) is 41.9. The van der Waals surface area contributed by atoms with E-state index in [1.165, 1.54) is 77.0 Å². The minimum absolute atomic E-state index is 0.869.